The highest BCUT2D eigenvalue weighted by atomic mass is 16.5. The number of carbonyl (C=O) groups is 2. The molecular formula is C13H23N5O3. The van der Waals surface area contributed by atoms with Crippen LogP contribution in [0.3, 0.4) is 0 Å². The van der Waals surface area contributed by atoms with Crippen molar-refractivity contribution in [1.82, 2.24) is 19.9 Å². The van der Waals surface area contributed by atoms with E-state index in [1.807, 2.05) is 13.8 Å². The second kappa shape index (κ2) is 8.35. The Labute approximate surface area is 124 Å². The van der Waals surface area contributed by atoms with Crippen molar-refractivity contribution in [2.75, 3.05) is 19.7 Å². The lowest BCUT2D eigenvalue weighted by Gasteiger charge is -2.23. The first-order valence-corrected chi connectivity index (χ1v) is 6.98. The smallest absolute Gasteiger partial charge is 0.325 e. The van der Waals surface area contributed by atoms with Gasteiger partial charge in [0.1, 0.15) is 13.1 Å². The van der Waals surface area contributed by atoms with Crippen molar-refractivity contribution in [3.63, 3.8) is 0 Å². The summed E-state index contributed by atoms with van der Waals surface area (Å²) in [7, 11) is 0. The zero-order chi connectivity index (χ0) is 15.8. The van der Waals surface area contributed by atoms with Crippen molar-refractivity contribution in [3.05, 3.63) is 11.9 Å². The lowest BCUT2D eigenvalue weighted by Crippen LogP contribution is -2.40. The first-order valence-electron chi connectivity index (χ1n) is 6.98. The monoisotopic (exact) mass is 297 g/mol. The molecule has 0 atom stereocenters. The summed E-state index contributed by atoms with van der Waals surface area (Å²) in [5.74, 6) is -0.364. The first-order chi connectivity index (χ1) is 9.96. The molecule has 0 aliphatic heterocycles. The van der Waals surface area contributed by atoms with Gasteiger partial charge in [-0.25, -0.2) is 4.68 Å². The number of carbonyl (C=O) groups excluding carboxylic acids is 2. The number of aromatic nitrogens is 3. The molecule has 118 valence electrons. The van der Waals surface area contributed by atoms with Gasteiger partial charge in [0.2, 0.25) is 5.91 Å². The number of rotatable bonds is 8. The molecule has 0 fully saturated rings. The van der Waals surface area contributed by atoms with Crippen molar-refractivity contribution in [2.24, 2.45) is 11.7 Å². The predicted molar refractivity (Wildman–Crippen MR) is 76.0 cm³/mol. The van der Waals surface area contributed by atoms with E-state index in [9.17, 15) is 9.59 Å². The Balaban J connectivity index is 2.67. The third-order valence-corrected chi connectivity index (χ3v) is 2.66. The number of hydrogen-bond acceptors (Lipinski definition) is 6. The summed E-state index contributed by atoms with van der Waals surface area (Å²) in [5.41, 5.74) is 6.06. The molecule has 8 nitrogen and oxygen atoms in total. The van der Waals surface area contributed by atoms with E-state index in [0.717, 1.165) is 0 Å². The Morgan fingerprint density at radius 1 is 1.48 bits per heavy atom. The average Bonchev–Trinajstić information content (AvgIpc) is 2.85. The van der Waals surface area contributed by atoms with Crippen molar-refractivity contribution < 1.29 is 14.3 Å². The summed E-state index contributed by atoms with van der Waals surface area (Å²) in [6.45, 7) is 6.72. The van der Waals surface area contributed by atoms with Crippen LogP contribution in [0.1, 0.15) is 26.5 Å². The molecule has 0 saturated heterocycles. The highest BCUT2D eigenvalue weighted by Crippen LogP contribution is 2.02. The molecule has 1 aromatic heterocycles. The van der Waals surface area contributed by atoms with Gasteiger partial charge in [0.15, 0.2) is 0 Å². The molecule has 2 N–H and O–H groups in total. The summed E-state index contributed by atoms with van der Waals surface area (Å²) >= 11 is 0. The summed E-state index contributed by atoms with van der Waals surface area (Å²) in [5, 5.41) is 7.65. The molecule has 1 aromatic rings. The molecule has 1 heterocycles. The quantitative estimate of drug-likeness (QED) is 0.666. The van der Waals surface area contributed by atoms with E-state index < -0.39 is 5.97 Å². The molecule has 0 aromatic carbocycles. The fourth-order valence-electron chi connectivity index (χ4n) is 1.81. The Morgan fingerprint density at radius 3 is 2.71 bits per heavy atom. The van der Waals surface area contributed by atoms with Gasteiger partial charge in [-0.2, -0.15) is 0 Å². The second-order valence-corrected chi connectivity index (χ2v) is 5.08. The van der Waals surface area contributed by atoms with Gasteiger partial charge in [-0.3, -0.25) is 9.59 Å². The molecule has 1 rings (SSSR count). The van der Waals surface area contributed by atoms with Crippen LogP contribution in [0, 0.1) is 5.92 Å². The molecule has 0 spiro atoms. The zero-order valence-corrected chi connectivity index (χ0v) is 12.8. The van der Waals surface area contributed by atoms with Gasteiger partial charge >= 0.3 is 5.97 Å². The molecule has 0 bridgehead atoms. The number of nitrogens with zero attached hydrogens (tertiary/aromatic N) is 4. The van der Waals surface area contributed by atoms with Crippen molar-refractivity contribution in [1.29, 1.82) is 0 Å². The van der Waals surface area contributed by atoms with Crippen molar-refractivity contribution >= 4 is 11.9 Å². The molecule has 0 aliphatic carbocycles. The van der Waals surface area contributed by atoms with E-state index in [0.29, 0.717) is 18.8 Å². The van der Waals surface area contributed by atoms with Gasteiger partial charge in [-0.15, -0.1) is 5.10 Å². The van der Waals surface area contributed by atoms with E-state index in [1.165, 1.54) is 9.58 Å². The van der Waals surface area contributed by atoms with E-state index in [4.69, 9.17) is 10.5 Å². The summed E-state index contributed by atoms with van der Waals surface area (Å²) < 4.78 is 6.31. The maximum atomic E-state index is 12.3. The van der Waals surface area contributed by atoms with Gasteiger partial charge in [-0.05, 0) is 12.8 Å². The highest BCUT2D eigenvalue weighted by Gasteiger charge is 2.19. The summed E-state index contributed by atoms with van der Waals surface area (Å²) in [4.78, 5) is 25.3. The van der Waals surface area contributed by atoms with Crippen LogP contribution in [0.25, 0.3) is 0 Å². The number of hydrogen-bond donors (Lipinski definition) is 1. The largest absolute Gasteiger partial charge is 0.465 e. The van der Waals surface area contributed by atoms with Crippen LogP contribution < -0.4 is 5.73 Å². The molecule has 0 saturated carbocycles. The Kier molecular flexibility index (Phi) is 6.80. The summed E-state index contributed by atoms with van der Waals surface area (Å²) in [6, 6.07) is 0. The molecular weight excluding hydrogens is 274 g/mol. The predicted octanol–water partition coefficient (Wildman–Crippen LogP) is -0.215. The van der Waals surface area contributed by atoms with Gasteiger partial charge in [0, 0.05) is 13.1 Å². The van der Waals surface area contributed by atoms with Crippen LogP contribution in [-0.4, -0.2) is 51.5 Å². The third kappa shape index (κ3) is 5.90. The molecule has 0 radical (unpaired) electrons. The number of amides is 1. The van der Waals surface area contributed by atoms with Gasteiger partial charge in [-0.1, -0.05) is 19.1 Å². The molecule has 0 unspecified atom stereocenters. The molecule has 8 heteroatoms. The Bertz CT molecular complexity index is 472. The van der Waals surface area contributed by atoms with E-state index in [2.05, 4.69) is 10.3 Å². The maximum absolute atomic E-state index is 12.3. The normalized spacial score (nSPS) is 10.7. The second-order valence-electron chi connectivity index (χ2n) is 5.08. The fraction of sp³-hybridized carbons (Fsp3) is 0.692. The number of ether oxygens (including phenoxy) is 1. The topological polar surface area (TPSA) is 103 Å². The minimum Gasteiger partial charge on any atom is -0.465 e. The Morgan fingerprint density at radius 2 is 2.19 bits per heavy atom. The maximum Gasteiger partial charge on any atom is 0.325 e. The van der Waals surface area contributed by atoms with E-state index >= 15 is 0 Å². The average molecular weight is 297 g/mol. The van der Waals surface area contributed by atoms with E-state index in [1.54, 1.807) is 13.1 Å². The number of esters is 1. The van der Waals surface area contributed by atoms with Crippen molar-refractivity contribution in [2.45, 2.75) is 33.9 Å². The Hall–Kier alpha value is -1.96. The standard InChI is InChI=1S/C13H23N5O3/c1-4-21-13(20)9-17(6-10(2)3)12(19)8-18-7-11(5-14)15-16-18/h7,10H,4-6,8-9,14H2,1-3H3. The van der Waals surface area contributed by atoms with Crippen LogP contribution in [-0.2, 0) is 27.4 Å². The number of nitrogens with two attached hydrogens (primary N) is 1. The van der Waals surface area contributed by atoms with Crippen LogP contribution in [0.5, 0.6) is 0 Å². The lowest BCUT2D eigenvalue weighted by molar-refractivity contribution is -0.149. The van der Waals surface area contributed by atoms with Gasteiger partial charge < -0.3 is 15.4 Å². The lowest BCUT2D eigenvalue weighted by atomic mass is 10.2. The van der Waals surface area contributed by atoms with Crippen LogP contribution >= 0.6 is 0 Å². The van der Waals surface area contributed by atoms with Crippen molar-refractivity contribution in [3.8, 4) is 0 Å². The van der Waals surface area contributed by atoms with Crippen LogP contribution in [0.2, 0.25) is 0 Å². The molecule has 0 aliphatic rings. The summed E-state index contributed by atoms with van der Waals surface area (Å²) in [6.07, 6.45) is 1.62. The van der Waals surface area contributed by atoms with Crippen LogP contribution in [0.15, 0.2) is 6.20 Å². The minimum atomic E-state index is -0.410. The first kappa shape index (κ1) is 17.1. The van der Waals surface area contributed by atoms with Gasteiger partial charge in [0.05, 0.1) is 18.5 Å². The molecule has 21 heavy (non-hydrogen) atoms. The van der Waals surface area contributed by atoms with Gasteiger partial charge in [0.25, 0.3) is 0 Å². The molecule has 1 amide bonds. The third-order valence-electron chi connectivity index (χ3n) is 2.66. The SMILES string of the molecule is CCOC(=O)CN(CC(C)C)C(=O)Cn1cc(CN)nn1. The van der Waals surface area contributed by atoms with E-state index in [-0.39, 0.29) is 31.5 Å². The highest BCUT2D eigenvalue weighted by molar-refractivity contribution is 5.81. The zero-order valence-electron chi connectivity index (χ0n) is 12.8. The minimum absolute atomic E-state index is 0.0269. The fourth-order valence-corrected chi connectivity index (χ4v) is 1.81. The van der Waals surface area contributed by atoms with Crippen LogP contribution in [0.4, 0.5) is 0 Å².